The SMILES string of the molecule is C[C@H]1CCCC[C@]12NC(=O)N(CC(=O)NCCSCc1cccs1)C2=O. The van der Waals surface area contributed by atoms with Gasteiger partial charge in [0.2, 0.25) is 5.91 Å². The summed E-state index contributed by atoms with van der Waals surface area (Å²) in [6.07, 6.45) is 3.59. The van der Waals surface area contributed by atoms with Crippen molar-refractivity contribution < 1.29 is 14.4 Å². The molecule has 2 atom stereocenters. The van der Waals surface area contributed by atoms with Crippen molar-refractivity contribution >= 4 is 40.9 Å². The van der Waals surface area contributed by atoms with E-state index >= 15 is 0 Å². The summed E-state index contributed by atoms with van der Waals surface area (Å²) in [5.74, 6) is 1.31. The maximum atomic E-state index is 12.8. The van der Waals surface area contributed by atoms with E-state index in [-0.39, 0.29) is 24.3 Å². The maximum Gasteiger partial charge on any atom is 0.325 e. The number of carbonyl (C=O) groups is 3. The molecule has 142 valence electrons. The fraction of sp³-hybridized carbons (Fsp3) is 0.611. The van der Waals surface area contributed by atoms with Gasteiger partial charge in [0.1, 0.15) is 12.1 Å². The van der Waals surface area contributed by atoms with Crippen molar-refractivity contribution in [2.24, 2.45) is 5.92 Å². The topological polar surface area (TPSA) is 78.5 Å². The molecule has 0 aromatic carbocycles. The standard InChI is InChI=1S/C18H25N3O3S2/c1-13-5-2-3-7-18(13)16(23)21(17(24)20-18)11-15(22)19-8-10-25-12-14-6-4-9-26-14/h4,6,9,13H,2-3,5,7-8,10-12H2,1H3,(H,19,22)(H,20,24)/t13-,18-/m0/s1. The zero-order valence-electron chi connectivity index (χ0n) is 15.0. The number of rotatable bonds is 7. The molecule has 1 aliphatic carbocycles. The number of nitrogens with one attached hydrogen (secondary N) is 2. The predicted molar refractivity (Wildman–Crippen MR) is 104 cm³/mol. The summed E-state index contributed by atoms with van der Waals surface area (Å²) in [6, 6.07) is 3.68. The molecule has 1 aromatic heterocycles. The molecule has 1 aromatic rings. The molecule has 1 saturated carbocycles. The molecule has 1 aliphatic heterocycles. The number of thiophene rings is 1. The van der Waals surface area contributed by atoms with Crippen LogP contribution >= 0.6 is 23.1 Å². The van der Waals surface area contributed by atoms with Crippen molar-refractivity contribution in [1.82, 2.24) is 15.5 Å². The molecule has 6 nitrogen and oxygen atoms in total. The van der Waals surface area contributed by atoms with E-state index < -0.39 is 11.6 Å². The molecule has 2 N–H and O–H groups in total. The summed E-state index contributed by atoms with van der Waals surface area (Å²) in [5, 5.41) is 7.73. The quantitative estimate of drug-likeness (QED) is 0.549. The van der Waals surface area contributed by atoms with E-state index in [1.807, 2.05) is 13.0 Å². The summed E-state index contributed by atoms with van der Waals surface area (Å²) in [7, 11) is 0. The maximum absolute atomic E-state index is 12.8. The number of nitrogens with zero attached hydrogens (tertiary/aromatic N) is 1. The van der Waals surface area contributed by atoms with Gasteiger partial charge in [-0.15, -0.1) is 11.3 Å². The number of amides is 4. The average Bonchev–Trinajstić information content (AvgIpc) is 3.21. The fourth-order valence-corrected chi connectivity index (χ4v) is 5.37. The Morgan fingerprint density at radius 1 is 1.46 bits per heavy atom. The van der Waals surface area contributed by atoms with Gasteiger partial charge in [-0.05, 0) is 30.2 Å². The molecule has 4 amide bonds. The van der Waals surface area contributed by atoms with Gasteiger partial charge in [0, 0.05) is 22.9 Å². The predicted octanol–water partition coefficient (Wildman–Crippen LogP) is 2.60. The van der Waals surface area contributed by atoms with E-state index in [1.54, 1.807) is 23.1 Å². The van der Waals surface area contributed by atoms with Crippen LogP contribution in [-0.4, -0.2) is 47.1 Å². The molecule has 2 heterocycles. The summed E-state index contributed by atoms with van der Waals surface area (Å²) in [4.78, 5) is 39.6. The van der Waals surface area contributed by atoms with Crippen LogP contribution in [0.15, 0.2) is 17.5 Å². The highest BCUT2D eigenvalue weighted by Crippen LogP contribution is 2.38. The van der Waals surface area contributed by atoms with Crippen molar-refractivity contribution in [3.8, 4) is 0 Å². The average molecular weight is 396 g/mol. The minimum absolute atomic E-state index is 0.106. The molecule has 0 radical (unpaired) electrons. The van der Waals surface area contributed by atoms with Crippen molar-refractivity contribution in [1.29, 1.82) is 0 Å². The van der Waals surface area contributed by atoms with E-state index in [9.17, 15) is 14.4 Å². The second-order valence-corrected chi connectivity index (χ2v) is 9.06. The number of imide groups is 1. The largest absolute Gasteiger partial charge is 0.354 e. The first kappa shape index (κ1) is 19.2. The lowest BCUT2D eigenvalue weighted by Gasteiger charge is -2.36. The molecule has 3 rings (SSSR count). The van der Waals surface area contributed by atoms with Crippen molar-refractivity contribution in [3.05, 3.63) is 22.4 Å². The van der Waals surface area contributed by atoms with E-state index in [4.69, 9.17) is 0 Å². The minimum Gasteiger partial charge on any atom is -0.354 e. The van der Waals surface area contributed by atoms with Crippen LogP contribution < -0.4 is 10.6 Å². The monoisotopic (exact) mass is 395 g/mol. The van der Waals surface area contributed by atoms with Crippen LogP contribution in [0.25, 0.3) is 0 Å². The van der Waals surface area contributed by atoms with E-state index in [0.717, 1.165) is 35.7 Å². The summed E-state index contributed by atoms with van der Waals surface area (Å²) < 4.78 is 0. The Morgan fingerprint density at radius 2 is 2.31 bits per heavy atom. The van der Waals surface area contributed by atoms with Crippen LogP contribution in [0, 0.1) is 5.92 Å². The van der Waals surface area contributed by atoms with Gasteiger partial charge in [-0.1, -0.05) is 25.8 Å². The summed E-state index contributed by atoms with van der Waals surface area (Å²) in [5.41, 5.74) is -0.799. The first-order chi connectivity index (χ1) is 12.5. The van der Waals surface area contributed by atoms with Crippen molar-refractivity contribution in [2.45, 2.75) is 43.9 Å². The van der Waals surface area contributed by atoms with Crippen LogP contribution in [0.3, 0.4) is 0 Å². The van der Waals surface area contributed by atoms with Gasteiger partial charge < -0.3 is 10.6 Å². The van der Waals surface area contributed by atoms with Crippen molar-refractivity contribution in [3.63, 3.8) is 0 Å². The molecular weight excluding hydrogens is 370 g/mol. The molecule has 2 aliphatic rings. The number of hydrogen-bond acceptors (Lipinski definition) is 5. The first-order valence-corrected chi connectivity index (χ1v) is 11.1. The fourth-order valence-electron chi connectivity index (χ4n) is 3.67. The van der Waals surface area contributed by atoms with Crippen LogP contribution in [0.4, 0.5) is 4.79 Å². The minimum atomic E-state index is -0.799. The van der Waals surface area contributed by atoms with Gasteiger partial charge in [-0.2, -0.15) is 11.8 Å². The van der Waals surface area contributed by atoms with Gasteiger partial charge >= 0.3 is 6.03 Å². The third-order valence-electron chi connectivity index (χ3n) is 5.20. The Morgan fingerprint density at radius 3 is 3.04 bits per heavy atom. The van der Waals surface area contributed by atoms with Gasteiger partial charge in [0.15, 0.2) is 0 Å². The Labute approximate surface area is 162 Å². The Hall–Kier alpha value is -1.54. The van der Waals surface area contributed by atoms with E-state index in [1.165, 1.54) is 4.88 Å². The highest BCUT2D eigenvalue weighted by Gasteiger charge is 2.55. The lowest BCUT2D eigenvalue weighted by atomic mass is 9.73. The second kappa shape index (κ2) is 8.43. The van der Waals surface area contributed by atoms with E-state index in [2.05, 4.69) is 22.1 Å². The molecule has 2 fully saturated rings. The highest BCUT2D eigenvalue weighted by molar-refractivity contribution is 7.98. The molecule has 0 bridgehead atoms. The Kier molecular flexibility index (Phi) is 6.24. The molecule has 26 heavy (non-hydrogen) atoms. The zero-order chi connectivity index (χ0) is 18.6. The number of hydrogen-bond donors (Lipinski definition) is 2. The third-order valence-corrected chi connectivity index (χ3v) is 7.26. The van der Waals surface area contributed by atoms with Gasteiger partial charge in [0.05, 0.1) is 0 Å². The second-order valence-electron chi connectivity index (χ2n) is 6.92. The van der Waals surface area contributed by atoms with Gasteiger partial charge in [0.25, 0.3) is 5.91 Å². The molecule has 8 heteroatoms. The normalized spacial score (nSPS) is 25.6. The number of carbonyl (C=O) groups excluding carboxylic acids is 3. The van der Waals surface area contributed by atoms with E-state index in [0.29, 0.717) is 13.0 Å². The van der Waals surface area contributed by atoms with Crippen LogP contribution in [0.1, 0.15) is 37.5 Å². The number of thioether (sulfide) groups is 1. The Balaban J connectivity index is 1.43. The molecule has 0 unspecified atom stereocenters. The summed E-state index contributed by atoms with van der Waals surface area (Å²) >= 11 is 3.47. The first-order valence-electron chi connectivity index (χ1n) is 9.04. The lowest BCUT2D eigenvalue weighted by molar-refractivity contribution is -0.137. The zero-order valence-corrected chi connectivity index (χ0v) is 16.6. The molecular formula is C18H25N3O3S2. The Bertz CT molecular complexity index is 665. The smallest absolute Gasteiger partial charge is 0.325 e. The lowest BCUT2D eigenvalue weighted by Crippen LogP contribution is -2.54. The highest BCUT2D eigenvalue weighted by atomic mass is 32.2. The van der Waals surface area contributed by atoms with Gasteiger partial charge in [-0.25, -0.2) is 4.79 Å². The molecule has 1 spiro atoms. The molecule has 1 saturated heterocycles. The van der Waals surface area contributed by atoms with Crippen LogP contribution in [0.5, 0.6) is 0 Å². The number of urea groups is 1. The van der Waals surface area contributed by atoms with Crippen LogP contribution in [-0.2, 0) is 15.3 Å². The van der Waals surface area contributed by atoms with Crippen molar-refractivity contribution in [2.75, 3.05) is 18.8 Å². The summed E-state index contributed by atoms with van der Waals surface area (Å²) in [6.45, 7) is 2.33. The van der Waals surface area contributed by atoms with Gasteiger partial charge in [-0.3, -0.25) is 14.5 Å². The van der Waals surface area contributed by atoms with Crippen LogP contribution in [0.2, 0.25) is 0 Å². The third kappa shape index (κ3) is 4.06.